The Hall–Kier alpha value is -3.30. The predicted octanol–water partition coefficient (Wildman–Crippen LogP) is 3.87. The molecule has 0 amide bonds. The van der Waals surface area contributed by atoms with Crippen LogP contribution in [0.3, 0.4) is 0 Å². The number of nitro benzene ring substituents is 1. The van der Waals surface area contributed by atoms with Crippen molar-refractivity contribution in [2.75, 3.05) is 20.3 Å². The van der Waals surface area contributed by atoms with E-state index in [4.69, 9.17) is 21.4 Å². The van der Waals surface area contributed by atoms with Crippen LogP contribution in [0.15, 0.2) is 65.2 Å². The number of ether oxygens (including phenoxy) is 1. The zero-order valence-corrected chi connectivity index (χ0v) is 17.0. The van der Waals surface area contributed by atoms with Gasteiger partial charge in [0.05, 0.1) is 23.3 Å². The number of methoxy groups -OCH3 is 1. The summed E-state index contributed by atoms with van der Waals surface area (Å²) in [5.74, 6) is 1.24. The number of thiocarbonyl (C=S) groups is 1. The van der Waals surface area contributed by atoms with Crippen LogP contribution in [-0.4, -0.2) is 40.2 Å². The number of hydrogen-bond acceptors (Lipinski definition) is 6. The van der Waals surface area contributed by atoms with Crippen molar-refractivity contribution in [3.63, 3.8) is 0 Å². The molecule has 3 aromatic rings. The van der Waals surface area contributed by atoms with Gasteiger partial charge in [0.15, 0.2) is 5.11 Å². The average molecular weight is 424 g/mol. The van der Waals surface area contributed by atoms with Crippen molar-refractivity contribution in [3.05, 3.63) is 82.4 Å². The van der Waals surface area contributed by atoms with Gasteiger partial charge < -0.3 is 19.4 Å². The first-order valence-corrected chi connectivity index (χ1v) is 9.81. The third kappa shape index (κ3) is 3.89. The summed E-state index contributed by atoms with van der Waals surface area (Å²) >= 11 is 5.57. The van der Waals surface area contributed by atoms with Gasteiger partial charge in [-0.25, -0.2) is 0 Å². The Morgan fingerprint density at radius 2 is 2.13 bits per heavy atom. The summed E-state index contributed by atoms with van der Waals surface area (Å²) in [7, 11) is 1.64. The van der Waals surface area contributed by atoms with Crippen LogP contribution in [0.25, 0.3) is 11.3 Å². The maximum atomic E-state index is 11.1. The number of benzene rings is 1. The maximum absolute atomic E-state index is 11.1. The summed E-state index contributed by atoms with van der Waals surface area (Å²) in [4.78, 5) is 17.2. The van der Waals surface area contributed by atoms with Crippen LogP contribution in [0.5, 0.6) is 0 Å². The maximum Gasteiger partial charge on any atom is 0.270 e. The highest BCUT2D eigenvalue weighted by atomic mass is 32.1. The zero-order chi connectivity index (χ0) is 21.1. The van der Waals surface area contributed by atoms with Gasteiger partial charge in [0.1, 0.15) is 17.6 Å². The molecule has 1 aliphatic heterocycles. The molecule has 30 heavy (non-hydrogen) atoms. The second kappa shape index (κ2) is 8.60. The molecule has 1 aliphatic rings. The van der Waals surface area contributed by atoms with Crippen molar-refractivity contribution in [2.24, 2.45) is 0 Å². The molecule has 1 saturated heterocycles. The number of hydrogen-bond donors (Lipinski definition) is 1. The number of aromatic nitrogens is 1. The van der Waals surface area contributed by atoms with E-state index in [2.05, 4.69) is 10.3 Å². The third-order valence-electron chi connectivity index (χ3n) is 4.99. The van der Waals surface area contributed by atoms with Crippen LogP contribution in [0.1, 0.15) is 23.5 Å². The lowest BCUT2D eigenvalue weighted by molar-refractivity contribution is -0.384. The molecule has 3 heterocycles. The molecule has 0 unspecified atom stereocenters. The van der Waals surface area contributed by atoms with Crippen molar-refractivity contribution in [2.45, 2.75) is 12.1 Å². The van der Waals surface area contributed by atoms with Gasteiger partial charge in [0.25, 0.3) is 5.69 Å². The minimum atomic E-state index is -0.420. The van der Waals surface area contributed by atoms with E-state index in [9.17, 15) is 10.1 Å². The predicted molar refractivity (Wildman–Crippen MR) is 115 cm³/mol. The highest BCUT2D eigenvalue weighted by molar-refractivity contribution is 7.80. The molecule has 4 rings (SSSR count). The molecule has 1 N–H and O–H groups in total. The van der Waals surface area contributed by atoms with Gasteiger partial charge in [-0.1, -0.05) is 18.2 Å². The van der Waals surface area contributed by atoms with Crippen LogP contribution in [-0.2, 0) is 4.74 Å². The molecule has 154 valence electrons. The molecule has 0 saturated carbocycles. The van der Waals surface area contributed by atoms with Gasteiger partial charge in [0, 0.05) is 37.5 Å². The van der Waals surface area contributed by atoms with Crippen LogP contribution in [0.2, 0.25) is 0 Å². The lowest BCUT2D eigenvalue weighted by Crippen LogP contribution is -2.32. The molecule has 0 bridgehead atoms. The second-order valence-electron chi connectivity index (χ2n) is 6.82. The molecular formula is C21H20N4O4S. The van der Waals surface area contributed by atoms with Gasteiger partial charge in [-0.05, 0) is 36.5 Å². The lowest BCUT2D eigenvalue weighted by atomic mass is 10.0. The molecule has 0 aliphatic carbocycles. The van der Waals surface area contributed by atoms with Crippen LogP contribution in [0, 0.1) is 10.1 Å². The molecule has 1 aromatic carbocycles. The van der Waals surface area contributed by atoms with Gasteiger partial charge in [-0.2, -0.15) is 0 Å². The fourth-order valence-electron chi connectivity index (χ4n) is 3.58. The number of furan rings is 1. The largest absolute Gasteiger partial charge is 0.459 e. The van der Waals surface area contributed by atoms with E-state index in [1.54, 1.807) is 25.4 Å². The fourth-order valence-corrected chi connectivity index (χ4v) is 3.92. The van der Waals surface area contributed by atoms with Gasteiger partial charge in [0.2, 0.25) is 0 Å². The van der Waals surface area contributed by atoms with Crippen molar-refractivity contribution in [1.29, 1.82) is 0 Å². The summed E-state index contributed by atoms with van der Waals surface area (Å²) in [6.45, 7) is 1.09. The summed E-state index contributed by atoms with van der Waals surface area (Å²) < 4.78 is 11.4. The number of nitro groups is 1. The summed E-state index contributed by atoms with van der Waals surface area (Å²) in [5, 5.41) is 15.0. The number of rotatable bonds is 7. The Balaban J connectivity index is 1.71. The minimum Gasteiger partial charge on any atom is -0.459 e. The molecule has 2 aromatic heterocycles. The van der Waals surface area contributed by atoms with E-state index in [-0.39, 0.29) is 17.8 Å². The summed E-state index contributed by atoms with van der Waals surface area (Å²) in [6.07, 6.45) is 1.74. The molecule has 0 radical (unpaired) electrons. The topological polar surface area (TPSA) is 93.7 Å². The lowest BCUT2D eigenvalue weighted by Gasteiger charge is -2.25. The van der Waals surface area contributed by atoms with Crippen molar-refractivity contribution >= 4 is 23.0 Å². The number of nitrogens with one attached hydrogen (secondary N) is 1. The highest BCUT2D eigenvalue weighted by Gasteiger charge is 2.41. The second-order valence-corrected chi connectivity index (χ2v) is 7.21. The number of non-ortho nitro benzene ring substituents is 1. The van der Waals surface area contributed by atoms with Gasteiger partial charge in [-0.3, -0.25) is 15.1 Å². The van der Waals surface area contributed by atoms with E-state index < -0.39 is 4.92 Å². The van der Waals surface area contributed by atoms with E-state index in [0.29, 0.717) is 35.3 Å². The standard InChI is InChI=1S/C21H20N4O4S/c1-28-12-11-24-20(19(23-21(24)30)16-7-2-3-10-22-16)18-9-8-17(29-18)14-5-4-6-15(13-14)25(26)27/h2-10,13,19-20H,11-12H2,1H3,(H,23,30)/t19-,20-/m0/s1. The molecule has 0 spiro atoms. The third-order valence-corrected chi connectivity index (χ3v) is 5.35. The Bertz CT molecular complexity index is 1060. The fraction of sp³-hybridized carbons (Fsp3) is 0.238. The first-order chi connectivity index (χ1) is 14.6. The normalized spacial score (nSPS) is 18.4. The van der Waals surface area contributed by atoms with Crippen LogP contribution in [0.4, 0.5) is 5.69 Å². The van der Waals surface area contributed by atoms with Gasteiger partial charge >= 0.3 is 0 Å². The van der Waals surface area contributed by atoms with E-state index in [1.165, 1.54) is 12.1 Å². The van der Waals surface area contributed by atoms with E-state index in [0.717, 1.165) is 5.69 Å². The first kappa shape index (κ1) is 20.0. The van der Waals surface area contributed by atoms with E-state index in [1.807, 2.05) is 35.2 Å². The summed E-state index contributed by atoms with van der Waals surface area (Å²) in [5.41, 5.74) is 1.50. The quantitative estimate of drug-likeness (QED) is 0.347. The molecule has 8 nitrogen and oxygen atoms in total. The van der Waals surface area contributed by atoms with Crippen LogP contribution >= 0.6 is 12.2 Å². The number of pyridine rings is 1. The Morgan fingerprint density at radius 1 is 1.27 bits per heavy atom. The molecule has 2 atom stereocenters. The molecule has 1 fully saturated rings. The number of nitrogens with zero attached hydrogens (tertiary/aromatic N) is 3. The van der Waals surface area contributed by atoms with E-state index >= 15 is 0 Å². The Kier molecular flexibility index (Phi) is 5.73. The average Bonchev–Trinajstić information content (AvgIpc) is 3.37. The minimum absolute atomic E-state index is 0.0160. The SMILES string of the molecule is COCCN1C(=S)N[C@@H](c2ccccn2)[C@@H]1c1ccc(-c2cccc([N+](=O)[O-])c2)o1. The monoisotopic (exact) mass is 424 g/mol. The smallest absolute Gasteiger partial charge is 0.270 e. The highest BCUT2D eigenvalue weighted by Crippen LogP contribution is 2.40. The zero-order valence-electron chi connectivity index (χ0n) is 16.2. The Labute approximate surface area is 178 Å². The van der Waals surface area contributed by atoms with Crippen molar-refractivity contribution in [1.82, 2.24) is 15.2 Å². The van der Waals surface area contributed by atoms with Crippen molar-refractivity contribution in [3.8, 4) is 11.3 Å². The first-order valence-electron chi connectivity index (χ1n) is 9.40. The van der Waals surface area contributed by atoms with Crippen molar-refractivity contribution < 1.29 is 14.1 Å². The van der Waals surface area contributed by atoms with Crippen LogP contribution < -0.4 is 5.32 Å². The molecular weight excluding hydrogens is 404 g/mol. The molecule has 9 heteroatoms. The summed E-state index contributed by atoms with van der Waals surface area (Å²) in [6, 6.07) is 15.4. The Morgan fingerprint density at radius 3 is 2.87 bits per heavy atom. The van der Waals surface area contributed by atoms with Gasteiger partial charge in [-0.15, -0.1) is 0 Å².